The van der Waals surface area contributed by atoms with Crippen LogP contribution in [0.4, 0.5) is 0 Å². The predicted octanol–water partition coefficient (Wildman–Crippen LogP) is 12.9. The van der Waals surface area contributed by atoms with E-state index in [1.807, 2.05) is 13.8 Å². The van der Waals surface area contributed by atoms with Gasteiger partial charge in [-0.05, 0) is 102 Å². The number of hydrogen-bond acceptors (Lipinski definition) is 0. The van der Waals surface area contributed by atoms with Crippen LogP contribution in [0.3, 0.4) is 0 Å². The van der Waals surface area contributed by atoms with Crippen LogP contribution in [0.25, 0.3) is 23.3 Å². The topological polar surface area (TPSA) is 0 Å². The first-order chi connectivity index (χ1) is 17.4. The summed E-state index contributed by atoms with van der Waals surface area (Å²) in [6.45, 7) is 25.0. The highest BCUT2D eigenvalue weighted by Gasteiger charge is 2.27. The van der Waals surface area contributed by atoms with Crippen molar-refractivity contribution in [1.82, 2.24) is 0 Å². The van der Waals surface area contributed by atoms with Crippen molar-refractivity contribution in [3.8, 4) is 0 Å². The first-order valence-electron chi connectivity index (χ1n) is 14.6. The second kappa shape index (κ2) is 17.0. The quantitative estimate of drug-likeness (QED) is 0.334. The first-order valence-corrected chi connectivity index (χ1v) is 14.6. The Morgan fingerprint density at radius 2 is 1.21 bits per heavy atom. The second-order valence-corrected chi connectivity index (χ2v) is 12.9. The molecule has 2 bridgehead atoms. The molecule has 0 saturated carbocycles. The van der Waals surface area contributed by atoms with Crippen molar-refractivity contribution in [3.63, 3.8) is 0 Å². The van der Waals surface area contributed by atoms with Crippen LogP contribution in [-0.4, -0.2) is 0 Å². The summed E-state index contributed by atoms with van der Waals surface area (Å²) in [7, 11) is 0. The maximum absolute atomic E-state index is 2.52. The molecule has 3 aliphatic rings. The molecule has 0 aromatic heterocycles. The molecule has 2 aromatic rings. The average Bonchev–Trinajstić information content (AvgIpc) is 3.21. The first kappa shape index (κ1) is 44.8. The third kappa shape index (κ3) is 8.53. The minimum absolute atomic E-state index is 0. The van der Waals surface area contributed by atoms with Gasteiger partial charge in [-0.2, -0.15) is 0 Å². The summed E-state index contributed by atoms with van der Waals surface area (Å²) >= 11 is 0. The van der Waals surface area contributed by atoms with Gasteiger partial charge in [0.25, 0.3) is 0 Å². The number of benzene rings is 2. The largest absolute Gasteiger partial charge is 0.0776 e. The zero-order valence-electron chi connectivity index (χ0n) is 25.3. The van der Waals surface area contributed by atoms with Gasteiger partial charge in [-0.1, -0.05) is 169 Å². The van der Waals surface area contributed by atoms with Crippen LogP contribution < -0.4 is 10.4 Å². The maximum Gasteiger partial charge on any atom is -0.000751 e. The minimum atomic E-state index is 0. The van der Waals surface area contributed by atoms with Gasteiger partial charge in [-0.25, -0.2) is 0 Å². The molecule has 244 valence electrons. The van der Waals surface area contributed by atoms with E-state index in [4.69, 9.17) is 0 Å². The van der Waals surface area contributed by atoms with E-state index in [1.54, 1.807) is 0 Å². The van der Waals surface area contributed by atoms with E-state index >= 15 is 0 Å². The van der Waals surface area contributed by atoms with Crippen LogP contribution in [0.5, 0.6) is 0 Å². The summed E-state index contributed by atoms with van der Waals surface area (Å²) < 4.78 is 0. The van der Waals surface area contributed by atoms with Crippen molar-refractivity contribution in [2.45, 2.75) is 145 Å². The summed E-state index contributed by atoms with van der Waals surface area (Å²) in [6, 6.07) is 10.0. The van der Waals surface area contributed by atoms with Crippen LogP contribution in [-0.2, 0) is 11.8 Å². The Morgan fingerprint density at radius 3 is 1.72 bits per heavy atom. The van der Waals surface area contributed by atoms with Crippen LogP contribution >= 0.6 is 0 Å². The summed E-state index contributed by atoms with van der Waals surface area (Å²) in [5.41, 5.74) is 14.8. The highest BCUT2D eigenvalue weighted by Crippen LogP contribution is 2.40. The van der Waals surface area contributed by atoms with E-state index in [0.29, 0.717) is 17.8 Å². The Balaban J connectivity index is -0.00000196. The lowest BCUT2D eigenvalue weighted by Crippen LogP contribution is -2.33. The lowest BCUT2D eigenvalue weighted by molar-refractivity contribution is 0.589. The van der Waals surface area contributed by atoms with Crippen molar-refractivity contribution >= 4 is 23.3 Å². The third-order valence-corrected chi connectivity index (χ3v) is 8.21. The van der Waals surface area contributed by atoms with Crippen molar-refractivity contribution in [1.29, 1.82) is 0 Å². The van der Waals surface area contributed by atoms with Gasteiger partial charge in [0.2, 0.25) is 0 Å². The standard InChI is InChI=1S/C35H42.C2H6.6CH4/c1-20(2)23-10-11-30-33-17-25(22(5)6)15-26-13-24(21(3)4)14-27(18-31(26)33)32-19-29(35(7,8)9)16-28(12-23)34(30)32;1-2;;;;;;/h10,12-17,19-22H,11,18H2,1-9H3;1-2H3;6*1H4. The van der Waals surface area contributed by atoms with Crippen molar-refractivity contribution in [3.05, 3.63) is 91.4 Å². The Kier molecular flexibility index (Phi) is 17.8. The van der Waals surface area contributed by atoms with E-state index in [1.165, 1.54) is 66.1 Å². The van der Waals surface area contributed by atoms with Gasteiger partial charge in [-0.3, -0.25) is 0 Å². The maximum atomic E-state index is 2.52. The Bertz CT molecular complexity index is 1420. The van der Waals surface area contributed by atoms with E-state index in [0.717, 1.165) is 12.8 Å². The molecule has 0 unspecified atom stereocenters. The molecule has 0 atom stereocenters. The van der Waals surface area contributed by atoms with Gasteiger partial charge in [0.05, 0.1) is 0 Å². The van der Waals surface area contributed by atoms with Gasteiger partial charge in [0.15, 0.2) is 0 Å². The normalized spacial score (nSPS) is 13.8. The molecule has 0 N–H and O–H groups in total. The molecule has 2 aromatic carbocycles. The summed E-state index contributed by atoms with van der Waals surface area (Å²) in [4.78, 5) is 0. The van der Waals surface area contributed by atoms with Gasteiger partial charge < -0.3 is 0 Å². The van der Waals surface area contributed by atoms with Gasteiger partial charge >= 0.3 is 0 Å². The molecule has 0 aliphatic heterocycles. The molecular formula is C43H72. The summed E-state index contributed by atoms with van der Waals surface area (Å²) in [5, 5.41) is 2.89. The van der Waals surface area contributed by atoms with Gasteiger partial charge in [0.1, 0.15) is 0 Å². The lowest BCUT2D eigenvalue weighted by Gasteiger charge is -2.22. The number of fused-ring (bicyclic) bond motifs is 3. The van der Waals surface area contributed by atoms with Crippen LogP contribution in [0.1, 0.15) is 166 Å². The smallest absolute Gasteiger partial charge is 0.000751 e. The Hall–Kier alpha value is -2.60. The molecule has 0 nitrogen and oxygen atoms in total. The molecule has 0 spiro atoms. The lowest BCUT2D eigenvalue weighted by atomic mass is 9.83. The van der Waals surface area contributed by atoms with Crippen molar-refractivity contribution in [2.75, 3.05) is 0 Å². The molecular weight excluding hydrogens is 516 g/mol. The highest BCUT2D eigenvalue weighted by atomic mass is 14.3. The number of hydrogen-bond donors (Lipinski definition) is 0. The number of allylic oxidation sites excluding steroid dienone is 5. The molecule has 0 amide bonds. The van der Waals surface area contributed by atoms with Crippen molar-refractivity contribution < 1.29 is 0 Å². The fourth-order valence-corrected chi connectivity index (χ4v) is 5.83. The minimum Gasteiger partial charge on any atom is -0.0776 e. The Labute approximate surface area is 270 Å². The van der Waals surface area contributed by atoms with E-state index in [-0.39, 0.29) is 50.0 Å². The SMILES string of the molecule is C.C.C.C.C.C.CC.CC(C)C1=CCC2=c3c(cc(C(C)(C)C)cc3=C1)C1=CC(C(C)C)=Cc3cc(C(C)C)cc2c3C1. The molecule has 0 heterocycles. The molecule has 0 heteroatoms. The predicted molar refractivity (Wildman–Crippen MR) is 206 cm³/mol. The zero-order chi connectivity index (χ0) is 27.2. The zero-order valence-corrected chi connectivity index (χ0v) is 25.3. The fraction of sp³-hybridized carbons (Fsp3) is 0.535. The van der Waals surface area contributed by atoms with Gasteiger partial charge in [-0.15, -0.1) is 0 Å². The third-order valence-electron chi connectivity index (χ3n) is 8.21. The van der Waals surface area contributed by atoms with Gasteiger partial charge in [0, 0.05) is 0 Å². The monoisotopic (exact) mass is 589 g/mol. The van der Waals surface area contributed by atoms with E-state index in [9.17, 15) is 0 Å². The van der Waals surface area contributed by atoms with Crippen LogP contribution in [0, 0.1) is 11.8 Å². The van der Waals surface area contributed by atoms with Crippen LogP contribution in [0.15, 0.2) is 47.6 Å². The fourth-order valence-electron chi connectivity index (χ4n) is 5.83. The van der Waals surface area contributed by atoms with Crippen molar-refractivity contribution in [2.24, 2.45) is 11.8 Å². The highest BCUT2D eigenvalue weighted by molar-refractivity contribution is 5.88. The van der Waals surface area contributed by atoms with Crippen LogP contribution in [0.2, 0.25) is 0 Å². The molecule has 43 heavy (non-hydrogen) atoms. The molecule has 0 saturated heterocycles. The molecule has 3 aliphatic carbocycles. The molecule has 0 fully saturated rings. The second-order valence-electron chi connectivity index (χ2n) is 12.9. The Morgan fingerprint density at radius 1 is 0.628 bits per heavy atom. The number of rotatable bonds is 3. The summed E-state index contributed by atoms with van der Waals surface area (Å²) in [6.07, 6.45) is 12.0. The van der Waals surface area contributed by atoms with E-state index < -0.39 is 0 Å². The molecule has 0 radical (unpaired) electrons. The summed E-state index contributed by atoms with van der Waals surface area (Å²) in [5.74, 6) is 1.52. The average molecular weight is 589 g/mol. The van der Waals surface area contributed by atoms with E-state index in [2.05, 4.69) is 111 Å². The molecule has 5 rings (SSSR count).